The van der Waals surface area contributed by atoms with Crippen LogP contribution in [0, 0.1) is 0 Å². The summed E-state index contributed by atoms with van der Waals surface area (Å²) in [5, 5.41) is 2.90. The molecular formula is C19H27N3O4. The minimum atomic E-state index is -0.260. The molecule has 2 fully saturated rings. The van der Waals surface area contributed by atoms with Gasteiger partial charge in [0.25, 0.3) is 5.91 Å². The van der Waals surface area contributed by atoms with Crippen LogP contribution in [0.2, 0.25) is 0 Å². The van der Waals surface area contributed by atoms with Crippen LogP contribution in [0.5, 0.6) is 5.75 Å². The third kappa shape index (κ3) is 4.95. The molecule has 0 aliphatic carbocycles. The Hall–Kier alpha value is -2.12. The number of carbonyl (C=O) groups excluding carboxylic acids is 2. The molecule has 2 aliphatic heterocycles. The molecule has 2 aliphatic rings. The van der Waals surface area contributed by atoms with Gasteiger partial charge in [-0.25, -0.2) is 0 Å². The van der Waals surface area contributed by atoms with E-state index in [-0.39, 0.29) is 17.9 Å². The van der Waals surface area contributed by atoms with Crippen molar-refractivity contribution >= 4 is 17.5 Å². The number of amides is 2. The quantitative estimate of drug-likeness (QED) is 0.828. The fourth-order valence-electron chi connectivity index (χ4n) is 3.31. The summed E-state index contributed by atoms with van der Waals surface area (Å²) >= 11 is 0. The molecule has 0 spiro atoms. The van der Waals surface area contributed by atoms with Gasteiger partial charge in [-0.1, -0.05) is 0 Å². The molecule has 3 rings (SSSR count). The molecule has 1 aromatic carbocycles. The Balaban J connectivity index is 1.41. The Labute approximate surface area is 154 Å². The maximum Gasteiger partial charge on any atom is 0.251 e. The molecule has 2 heterocycles. The summed E-state index contributed by atoms with van der Waals surface area (Å²) < 4.78 is 10.9. The van der Waals surface area contributed by atoms with Crippen molar-refractivity contribution in [2.75, 3.05) is 51.3 Å². The maximum absolute atomic E-state index is 12.3. The molecule has 0 bridgehead atoms. The monoisotopic (exact) mass is 361 g/mol. The van der Waals surface area contributed by atoms with Crippen LogP contribution in [0.4, 0.5) is 5.69 Å². The lowest BCUT2D eigenvalue weighted by Gasteiger charge is -2.35. The third-order valence-corrected chi connectivity index (χ3v) is 4.71. The summed E-state index contributed by atoms with van der Waals surface area (Å²) in [6.45, 7) is 6.27. The van der Waals surface area contributed by atoms with Crippen LogP contribution in [0.3, 0.4) is 0 Å². The van der Waals surface area contributed by atoms with Gasteiger partial charge in [0.15, 0.2) is 0 Å². The highest BCUT2D eigenvalue weighted by Crippen LogP contribution is 2.17. The van der Waals surface area contributed by atoms with Crippen molar-refractivity contribution in [1.82, 2.24) is 9.80 Å². The van der Waals surface area contributed by atoms with Crippen LogP contribution in [0.15, 0.2) is 24.3 Å². The number of nitrogens with zero attached hydrogens (tertiary/aromatic N) is 2. The zero-order valence-electron chi connectivity index (χ0n) is 15.3. The highest BCUT2D eigenvalue weighted by Gasteiger charge is 2.30. The second-order valence-electron chi connectivity index (χ2n) is 6.61. The van der Waals surface area contributed by atoms with E-state index in [0.717, 1.165) is 24.3 Å². The standard InChI is InChI=1S/C19H27N3O4/c1-2-25-16-7-5-15(6-8-16)20-18(23)14-21-9-11-22(12-10-21)19(24)17-4-3-13-26-17/h5-8,17H,2-4,9-14H2,1H3,(H,20,23)/t17-/m1/s1. The summed E-state index contributed by atoms with van der Waals surface area (Å²) in [6, 6.07) is 7.35. The fourth-order valence-corrected chi connectivity index (χ4v) is 3.31. The number of ether oxygens (including phenoxy) is 2. The summed E-state index contributed by atoms with van der Waals surface area (Å²) in [4.78, 5) is 28.5. The topological polar surface area (TPSA) is 71.1 Å². The van der Waals surface area contributed by atoms with E-state index < -0.39 is 0 Å². The van der Waals surface area contributed by atoms with Crippen LogP contribution in [-0.2, 0) is 14.3 Å². The second kappa shape index (κ2) is 9.00. The zero-order chi connectivity index (χ0) is 18.4. The molecule has 7 heteroatoms. The summed E-state index contributed by atoms with van der Waals surface area (Å²) in [7, 11) is 0. The van der Waals surface area contributed by atoms with Crippen molar-refractivity contribution in [2.45, 2.75) is 25.9 Å². The number of hydrogen-bond acceptors (Lipinski definition) is 5. The van der Waals surface area contributed by atoms with E-state index in [0.29, 0.717) is 45.9 Å². The second-order valence-corrected chi connectivity index (χ2v) is 6.61. The van der Waals surface area contributed by atoms with Gasteiger partial charge in [0.05, 0.1) is 13.2 Å². The van der Waals surface area contributed by atoms with Crippen molar-refractivity contribution in [3.05, 3.63) is 24.3 Å². The van der Waals surface area contributed by atoms with Gasteiger partial charge in [-0.2, -0.15) is 0 Å². The Morgan fingerprint density at radius 1 is 1.19 bits per heavy atom. The predicted molar refractivity (Wildman–Crippen MR) is 98.2 cm³/mol. The Kier molecular flexibility index (Phi) is 6.46. The molecule has 0 unspecified atom stereocenters. The molecule has 1 aromatic rings. The minimum Gasteiger partial charge on any atom is -0.494 e. The minimum absolute atomic E-state index is 0.0481. The molecule has 0 radical (unpaired) electrons. The van der Waals surface area contributed by atoms with Gasteiger partial charge in [0.2, 0.25) is 5.91 Å². The average Bonchev–Trinajstić information content (AvgIpc) is 3.18. The number of benzene rings is 1. The number of carbonyl (C=O) groups is 2. The van der Waals surface area contributed by atoms with E-state index in [1.807, 2.05) is 36.1 Å². The molecule has 1 atom stereocenters. The van der Waals surface area contributed by atoms with Crippen LogP contribution >= 0.6 is 0 Å². The number of piperazine rings is 1. The van der Waals surface area contributed by atoms with Crippen molar-refractivity contribution in [3.63, 3.8) is 0 Å². The lowest BCUT2D eigenvalue weighted by atomic mass is 10.2. The first-order valence-electron chi connectivity index (χ1n) is 9.31. The van der Waals surface area contributed by atoms with Crippen molar-refractivity contribution < 1.29 is 19.1 Å². The van der Waals surface area contributed by atoms with Crippen molar-refractivity contribution in [1.29, 1.82) is 0 Å². The van der Waals surface area contributed by atoms with Gasteiger partial charge >= 0.3 is 0 Å². The zero-order valence-corrected chi connectivity index (χ0v) is 15.3. The normalized spacial score (nSPS) is 20.8. The first kappa shape index (κ1) is 18.7. The molecule has 2 amide bonds. The largest absolute Gasteiger partial charge is 0.494 e. The maximum atomic E-state index is 12.3. The number of anilines is 1. The molecule has 1 N–H and O–H groups in total. The van der Waals surface area contributed by atoms with E-state index in [4.69, 9.17) is 9.47 Å². The van der Waals surface area contributed by atoms with Gasteiger partial charge in [0, 0.05) is 38.5 Å². The molecule has 142 valence electrons. The summed E-state index contributed by atoms with van der Waals surface area (Å²) in [6.07, 6.45) is 1.52. The summed E-state index contributed by atoms with van der Waals surface area (Å²) in [5.74, 6) is 0.839. The first-order chi connectivity index (χ1) is 12.7. The number of rotatable bonds is 6. The Morgan fingerprint density at radius 3 is 2.54 bits per heavy atom. The third-order valence-electron chi connectivity index (χ3n) is 4.71. The number of nitrogens with one attached hydrogen (secondary N) is 1. The molecule has 26 heavy (non-hydrogen) atoms. The lowest BCUT2D eigenvalue weighted by molar-refractivity contribution is -0.142. The smallest absolute Gasteiger partial charge is 0.251 e. The summed E-state index contributed by atoms with van der Waals surface area (Å²) in [5.41, 5.74) is 0.755. The molecule has 0 saturated carbocycles. The Bertz CT molecular complexity index is 606. The predicted octanol–water partition coefficient (Wildman–Crippen LogP) is 1.35. The highest BCUT2D eigenvalue weighted by molar-refractivity contribution is 5.92. The molecule has 0 aromatic heterocycles. The molecular weight excluding hydrogens is 334 g/mol. The number of hydrogen-bond donors (Lipinski definition) is 1. The SMILES string of the molecule is CCOc1ccc(NC(=O)CN2CCN(C(=O)[C@H]3CCCO3)CC2)cc1. The van der Waals surface area contributed by atoms with Crippen LogP contribution < -0.4 is 10.1 Å². The van der Waals surface area contributed by atoms with Gasteiger partial charge in [-0.05, 0) is 44.0 Å². The van der Waals surface area contributed by atoms with Gasteiger partial charge < -0.3 is 19.7 Å². The van der Waals surface area contributed by atoms with Crippen molar-refractivity contribution in [3.8, 4) is 5.75 Å². The highest BCUT2D eigenvalue weighted by atomic mass is 16.5. The molecule has 7 nitrogen and oxygen atoms in total. The average molecular weight is 361 g/mol. The van der Waals surface area contributed by atoms with E-state index in [9.17, 15) is 9.59 Å². The van der Waals surface area contributed by atoms with Crippen LogP contribution in [-0.4, -0.2) is 73.7 Å². The van der Waals surface area contributed by atoms with E-state index in [1.54, 1.807) is 0 Å². The van der Waals surface area contributed by atoms with E-state index >= 15 is 0 Å². The van der Waals surface area contributed by atoms with Gasteiger partial charge in [-0.15, -0.1) is 0 Å². The van der Waals surface area contributed by atoms with Crippen molar-refractivity contribution in [2.24, 2.45) is 0 Å². The van der Waals surface area contributed by atoms with E-state index in [1.165, 1.54) is 0 Å². The van der Waals surface area contributed by atoms with E-state index in [2.05, 4.69) is 10.2 Å². The van der Waals surface area contributed by atoms with Crippen LogP contribution in [0.25, 0.3) is 0 Å². The first-order valence-corrected chi connectivity index (χ1v) is 9.31. The van der Waals surface area contributed by atoms with Gasteiger partial charge in [0.1, 0.15) is 11.9 Å². The lowest BCUT2D eigenvalue weighted by Crippen LogP contribution is -2.52. The van der Waals surface area contributed by atoms with Gasteiger partial charge in [-0.3, -0.25) is 14.5 Å². The molecule has 2 saturated heterocycles. The fraction of sp³-hybridized carbons (Fsp3) is 0.579. The Morgan fingerprint density at radius 2 is 1.92 bits per heavy atom. The van der Waals surface area contributed by atoms with Crippen LogP contribution in [0.1, 0.15) is 19.8 Å².